The third-order valence-electron chi connectivity index (χ3n) is 5.31. The van der Waals surface area contributed by atoms with Crippen molar-refractivity contribution in [3.63, 3.8) is 0 Å². The van der Waals surface area contributed by atoms with E-state index in [-0.39, 0.29) is 0 Å². The Morgan fingerprint density at radius 1 is 0.871 bits per heavy atom. The van der Waals surface area contributed by atoms with Gasteiger partial charge in [-0.05, 0) is 37.0 Å². The summed E-state index contributed by atoms with van der Waals surface area (Å²) in [6.07, 6.45) is 15.5. The number of hydrogen-bond acceptors (Lipinski definition) is 4. The predicted molar refractivity (Wildman–Crippen MR) is 129 cm³/mol. The molecule has 0 heterocycles. The van der Waals surface area contributed by atoms with E-state index in [1.807, 2.05) is 0 Å². The Morgan fingerprint density at radius 3 is 2.10 bits per heavy atom. The Hall–Kier alpha value is -2.36. The van der Waals surface area contributed by atoms with Crippen LogP contribution in [0.25, 0.3) is 0 Å². The van der Waals surface area contributed by atoms with Crippen molar-refractivity contribution in [3.05, 3.63) is 65.8 Å². The van der Waals surface area contributed by atoms with Crippen LogP contribution in [0.5, 0.6) is 5.75 Å². The molecular weight excluding hydrogens is 388 g/mol. The molecular formula is C27H42O4. The molecule has 0 bridgehead atoms. The number of rotatable bonds is 18. The minimum absolute atomic E-state index is 0.600. The van der Waals surface area contributed by atoms with Crippen molar-refractivity contribution in [1.29, 1.82) is 0 Å². The highest BCUT2D eigenvalue weighted by Gasteiger charge is 2.11. The quantitative estimate of drug-likeness (QED) is 0.138. The summed E-state index contributed by atoms with van der Waals surface area (Å²) in [5, 5.41) is 0. The molecule has 1 rings (SSSR count). The van der Waals surface area contributed by atoms with Crippen molar-refractivity contribution >= 4 is 0 Å². The lowest BCUT2D eigenvalue weighted by Crippen LogP contribution is -2.01. The molecule has 174 valence electrons. The molecule has 0 fully saturated rings. The second kappa shape index (κ2) is 17.3. The first-order valence-electron chi connectivity index (χ1n) is 11.6. The Morgan fingerprint density at radius 2 is 1.52 bits per heavy atom. The Balaban J connectivity index is 2.44. The summed E-state index contributed by atoms with van der Waals surface area (Å²) in [6.45, 7) is 7.04. The van der Waals surface area contributed by atoms with Crippen molar-refractivity contribution in [1.82, 2.24) is 0 Å². The molecule has 4 heteroatoms. The lowest BCUT2D eigenvalue weighted by Gasteiger charge is -2.14. The van der Waals surface area contributed by atoms with E-state index < -0.39 is 0 Å². The molecule has 0 aliphatic carbocycles. The normalized spacial score (nSPS) is 11.9. The van der Waals surface area contributed by atoms with Gasteiger partial charge in [-0.15, -0.1) is 0 Å². The van der Waals surface area contributed by atoms with E-state index in [4.69, 9.17) is 18.9 Å². The number of benzene rings is 1. The highest BCUT2D eigenvalue weighted by molar-refractivity contribution is 5.34. The van der Waals surface area contributed by atoms with Crippen molar-refractivity contribution in [2.24, 2.45) is 0 Å². The molecule has 0 unspecified atom stereocenters. The van der Waals surface area contributed by atoms with Crippen molar-refractivity contribution < 1.29 is 18.9 Å². The third kappa shape index (κ3) is 11.6. The maximum Gasteiger partial charge on any atom is 0.128 e. The number of hydrogen-bond donors (Lipinski definition) is 0. The smallest absolute Gasteiger partial charge is 0.128 e. The van der Waals surface area contributed by atoms with E-state index in [1.165, 1.54) is 50.5 Å². The van der Waals surface area contributed by atoms with Crippen molar-refractivity contribution in [3.8, 4) is 5.75 Å². The molecule has 0 amide bonds. The van der Waals surface area contributed by atoms with Crippen LogP contribution in [-0.4, -0.2) is 27.9 Å². The highest BCUT2D eigenvalue weighted by atomic mass is 16.5. The number of unbranched alkanes of at least 4 members (excludes halogenated alkanes) is 7. The van der Waals surface area contributed by atoms with E-state index in [9.17, 15) is 0 Å². The van der Waals surface area contributed by atoms with Gasteiger partial charge in [0.15, 0.2) is 0 Å². The zero-order valence-electron chi connectivity index (χ0n) is 20.1. The van der Waals surface area contributed by atoms with E-state index in [1.54, 1.807) is 33.7 Å². The molecule has 0 spiro atoms. The van der Waals surface area contributed by atoms with Crippen LogP contribution < -0.4 is 4.74 Å². The van der Waals surface area contributed by atoms with Gasteiger partial charge < -0.3 is 18.9 Å². The zero-order chi connectivity index (χ0) is 22.7. The van der Waals surface area contributed by atoms with Gasteiger partial charge in [-0.2, -0.15) is 0 Å². The maximum absolute atomic E-state index is 5.90. The largest absolute Gasteiger partial charge is 0.504 e. The van der Waals surface area contributed by atoms with Crippen LogP contribution in [0.15, 0.2) is 60.3 Å². The summed E-state index contributed by atoms with van der Waals surface area (Å²) in [5.41, 5.74) is 2.15. The topological polar surface area (TPSA) is 36.9 Å². The predicted octanol–water partition coefficient (Wildman–Crippen LogP) is 7.36. The first-order valence-corrected chi connectivity index (χ1v) is 11.6. The van der Waals surface area contributed by atoms with Crippen molar-refractivity contribution in [2.75, 3.05) is 27.9 Å². The van der Waals surface area contributed by atoms with Gasteiger partial charge in [-0.25, -0.2) is 0 Å². The fourth-order valence-electron chi connectivity index (χ4n) is 3.39. The van der Waals surface area contributed by atoms with Crippen LogP contribution >= 0.6 is 0 Å². The van der Waals surface area contributed by atoms with Gasteiger partial charge in [0.1, 0.15) is 17.3 Å². The van der Waals surface area contributed by atoms with Crippen LogP contribution in [0.1, 0.15) is 70.3 Å². The van der Waals surface area contributed by atoms with Gasteiger partial charge in [0.25, 0.3) is 0 Å². The molecule has 31 heavy (non-hydrogen) atoms. The maximum atomic E-state index is 5.90. The molecule has 4 nitrogen and oxygen atoms in total. The van der Waals surface area contributed by atoms with Gasteiger partial charge in [0.2, 0.25) is 0 Å². The van der Waals surface area contributed by atoms with E-state index in [2.05, 4.69) is 37.8 Å². The minimum Gasteiger partial charge on any atom is -0.504 e. The second-order valence-electron chi connectivity index (χ2n) is 7.68. The third-order valence-corrected chi connectivity index (χ3v) is 5.31. The highest BCUT2D eigenvalue weighted by Crippen LogP contribution is 2.23. The van der Waals surface area contributed by atoms with Crippen LogP contribution in [0.2, 0.25) is 0 Å². The van der Waals surface area contributed by atoms with Crippen LogP contribution in [0, 0.1) is 0 Å². The van der Waals surface area contributed by atoms with Gasteiger partial charge >= 0.3 is 0 Å². The fraction of sp³-hybridized carbons (Fsp3) is 0.556. The zero-order valence-corrected chi connectivity index (χ0v) is 20.1. The first-order chi connectivity index (χ1) is 15.2. The number of aryl methyl sites for hydroxylation is 1. The van der Waals surface area contributed by atoms with Crippen LogP contribution in [0.3, 0.4) is 0 Å². The lowest BCUT2D eigenvalue weighted by molar-refractivity contribution is 0.271. The standard InChI is InChI=1S/C27H42O4/c1-6-7-8-9-10-11-12-13-21-31-25-17-14-24(15-18-25)16-19-26(23(2)29-4)27(30-5)20-22-28-3/h14-15,17-18,20,22H,2,6-13,16,19,21H2,1,3-5H3/b22-20+,27-26+. The molecule has 1 aromatic carbocycles. The Bertz CT molecular complexity index is 658. The number of ether oxygens (including phenoxy) is 4. The average molecular weight is 431 g/mol. The summed E-state index contributed by atoms with van der Waals surface area (Å²) in [7, 11) is 4.86. The van der Waals surface area contributed by atoms with E-state index in [0.717, 1.165) is 37.2 Å². The van der Waals surface area contributed by atoms with Gasteiger partial charge in [-0.1, -0.05) is 70.6 Å². The molecule has 0 aliphatic heterocycles. The molecule has 0 saturated heterocycles. The summed E-state index contributed by atoms with van der Waals surface area (Å²) >= 11 is 0. The SMILES string of the molecule is C=C(OC)/C(CCc1ccc(OCCCCCCCCCC)cc1)=C(\C=C\OC)OC. The molecule has 0 aliphatic rings. The lowest BCUT2D eigenvalue weighted by atomic mass is 10.0. The molecule has 0 atom stereocenters. The number of allylic oxidation sites excluding steroid dienone is 2. The molecule has 0 N–H and O–H groups in total. The van der Waals surface area contributed by atoms with E-state index in [0.29, 0.717) is 11.5 Å². The minimum atomic E-state index is 0.600. The molecule has 0 aromatic heterocycles. The molecule has 1 aromatic rings. The first kappa shape index (κ1) is 26.7. The summed E-state index contributed by atoms with van der Waals surface area (Å²) in [5.74, 6) is 2.23. The summed E-state index contributed by atoms with van der Waals surface area (Å²) in [6, 6.07) is 8.34. The van der Waals surface area contributed by atoms with E-state index >= 15 is 0 Å². The van der Waals surface area contributed by atoms with Crippen LogP contribution in [-0.2, 0) is 20.6 Å². The van der Waals surface area contributed by atoms with Gasteiger partial charge in [0.05, 0.1) is 34.2 Å². The molecule has 0 radical (unpaired) electrons. The van der Waals surface area contributed by atoms with Gasteiger partial charge in [-0.3, -0.25) is 0 Å². The number of methoxy groups -OCH3 is 3. The summed E-state index contributed by atoms with van der Waals surface area (Å²) in [4.78, 5) is 0. The fourth-order valence-corrected chi connectivity index (χ4v) is 3.39. The summed E-state index contributed by atoms with van der Waals surface area (Å²) < 4.78 is 21.8. The Kier molecular flexibility index (Phi) is 14.9. The average Bonchev–Trinajstić information content (AvgIpc) is 2.80. The molecule has 0 saturated carbocycles. The Labute approximate surface area is 189 Å². The van der Waals surface area contributed by atoms with Crippen molar-refractivity contribution in [2.45, 2.75) is 71.1 Å². The monoisotopic (exact) mass is 430 g/mol. The second-order valence-corrected chi connectivity index (χ2v) is 7.68. The van der Waals surface area contributed by atoms with Gasteiger partial charge in [0, 0.05) is 11.6 Å². The van der Waals surface area contributed by atoms with Crippen LogP contribution in [0.4, 0.5) is 0 Å².